The maximum atomic E-state index is 6.10. The van der Waals surface area contributed by atoms with Crippen molar-refractivity contribution in [2.24, 2.45) is 5.73 Å². The van der Waals surface area contributed by atoms with E-state index in [1.54, 1.807) is 0 Å². The molecule has 0 bridgehead atoms. The molecule has 84 valence electrons. The van der Waals surface area contributed by atoms with Crippen molar-refractivity contribution in [1.82, 2.24) is 0 Å². The van der Waals surface area contributed by atoms with Crippen LogP contribution in [0, 0.1) is 13.8 Å². The van der Waals surface area contributed by atoms with Gasteiger partial charge in [0.05, 0.1) is 6.10 Å². The van der Waals surface area contributed by atoms with Crippen molar-refractivity contribution in [1.29, 1.82) is 0 Å². The lowest BCUT2D eigenvalue weighted by molar-refractivity contribution is 0.238. The Balaban J connectivity index is 3.29. The Labute approximate surface area is 96.4 Å². The van der Waals surface area contributed by atoms with Gasteiger partial charge in [-0.1, -0.05) is 11.6 Å². The first kappa shape index (κ1) is 12.3. The van der Waals surface area contributed by atoms with E-state index < -0.39 is 0 Å². The van der Waals surface area contributed by atoms with E-state index in [0.29, 0.717) is 6.54 Å². The fraction of sp³-hybridized carbons (Fsp3) is 0.500. The molecular formula is C12H18ClNO. The Hall–Kier alpha value is -0.730. The highest BCUT2D eigenvalue weighted by Crippen LogP contribution is 2.32. The van der Waals surface area contributed by atoms with Gasteiger partial charge in [0.25, 0.3) is 0 Å². The van der Waals surface area contributed by atoms with E-state index in [2.05, 4.69) is 0 Å². The summed E-state index contributed by atoms with van der Waals surface area (Å²) in [6.07, 6.45) is 0.148. The number of hydrogen-bond acceptors (Lipinski definition) is 2. The zero-order valence-corrected chi connectivity index (χ0v) is 10.5. The molecule has 1 aromatic carbocycles. The molecule has 1 rings (SSSR count). The van der Waals surface area contributed by atoms with Crippen molar-refractivity contribution in [3.05, 3.63) is 27.8 Å². The first-order chi connectivity index (χ1) is 6.97. The van der Waals surface area contributed by atoms with Crippen LogP contribution in [-0.4, -0.2) is 6.10 Å². The molecule has 0 aliphatic rings. The summed E-state index contributed by atoms with van der Waals surface area (Å²) in [5, 5.41) is 0.754. The van der Waals surface area contributed by atoms with Gasteiger partial charge in [-0.3, -0.25) is 0 Å². The number of nitrogens with two attached hydrogens (primary N) is 1. The summed E-state index contributed by atoms with van der Waals surface area (Å²) in [6, 6.07) is 1.92. The van der Waals surface area contributed by atoms with E-state index in [9.17, 15) is 0 Å². The van der Waals surface area contributed by atoms with E-state index >= 15 is 0 Å². The first-order valence-corrected chi connectivity index (χ1v) is 5.50. The normalized spacial score (nSPS) is 10.9. The number of ether oxygens (including phenoxy) is 1. The molecule has 2 nitrogen and oxygen atoms in total. The highest BCUT2D eigenvalue weighted by molar-refractivity contribution is 6.31. The fourth-order valence-corrected chi connectivity index (χ4v) is 1.84. The molecule has 0 fully saturated rings. The molecule has 0 saturated heterocycles. The first-order valence-electron chi connectivity index (χ1n) is 5.12. The predicted octanol–water partition coefficient (Wildman–Crippen LogP) is 3.20. The van der Waals surface area contributed by atoms with Crippen LogP contribution < -0.4 is 10.5 Å². The van der Waals surface area contributed by atoms with Gasteiger partial charge in [0.15, 0.2) is 0 Å². The van der Waals surface area contributed by atoms with Crippen LogP contribution in [0.25, 0.3) is 0 Å². The van der Waals surface area contributed by atoms with Crippen LogP contribution in [0.3, 0.4) is 0 Å². The Bertz CT molecular complexity index is 361. The molecular weight excluding hydrogens is 210 g/mol. The lowest BCUT2D eigenvalue weighted by atomic mass is 10.0. The van der Waals surface area contributed by atoms with Crippen molar-refractivity contribution < 1.29 is 4.74 Å². The average molecular weight is 228 g/mol. The Morgan fingerprint density at radius 3 is 2.47 bits per heavy atom. The van der Waals surface area contributed by atoms with Gasteiger partial charge in [-0.05, 0) is 44.9 Å². The van der Waals surface area contributed by atoms with Crippen molar-refractivity contribution in [2.75, 3.05) is 0 Å². The second-order valence-corrected chi connectivity index (χ2v) is 4.39. The molecule has 1 aromatic rings. The monoisotopic (exact) mass is 227 g/mol. The van der Waals surface area contributed by atoms with Crippen molar-refractivity contribution in [2.45, 2.75) is 40.3 Å². The van der Waals surface area contributed by atoms with Gasteiger partial charge in [-0.2, -0.15) is 0 Å². The molecule has 0 aromatic heterocycles. The van der Waals surface area contributed by atoms with Crippen LogP contribution in [0.2, 0.25) is 5.02 Å². The molecule has 0 saturated carbocycles. The Morgan fingerprint density at radius 1 is 1.40 bits per heavy atom. The van der Waals surface area contributed by atoms with Crippen LogP contribution in [-0.2, 0) is 6.54 Å². The van der Waals surface area contributed by atoms with E-state index in [4.69, 9.17) is 22.1 Å². The molecule has 0 atom stereocenters. The second kappa shape index (κ2) is 4.86. The maximum Gasteiger partial charge on any atom is 0.127 e. The van der Waals surface area contributed by atoms with Gasteiger partial charge in [0.2, 0.25) is 0 Å². The Kier molecular flexibility index (Phi) is 4.00. The van der Waals surface area contributed by atoms with Gasteiger partial charge < -0.3 is 10.5 Å². The van der Waals surface area contributed by atoms with Gasteiger partial charge >= 0.3 is 0 Å². The van der Waals surface area contributed by atoms with Crippen molar-refractivity contribution in [3.63, 3.8) is 0 Å². The van der Waals surface area contributed by atoms with Crippen LogP contribution in [0.1, 0.15) is 30.5 Å². The zero-order chi connectivity index (χ0) is 11.6. The summed E-state index contributed by atoms with van der Waals surface area (Å²) in [5.41, 5.74) is 8.79. The summed E-state index contributed by atoms with van der Waals surface area (Å²) in [6.45, 7) is 8.42. The van der Waals surface area contributed by atoms with E-state index in [1.165, 1.54) is 0 Å². The zero-order valence-electron chi connectivity index (χ0n) is 9.73. The molecule has 0 aliphatic carbocycles. The fourth-order valence-electron chi connectivity index (χ4n) is 1.56. The maximum absolute atomic E-state index is 6.10. The summed E-state index contributed by atoms with van der Waals surface area (Å²) in [7, 11) is 0. The van der Waals surface area contributed by atoms with Gasteiger partial charge in [-0.15, -0.1) is 0 Å². The molecule has 2 N–H and O–H groups in total. The van der Waals surface area contributed by atoms with E-state index in [0.717, 1.165) is 27.5 Å². The van der Waals surface area contributed by atoms with Crippen molar-refractivity contribution in [3.8, 4) is 5.75 Å². The van der Waals surface area contributed by atoms with E-state index in [-0.39, 0.29) is 6.10 Å². The van der Waals surface area contributed by atoms with Crippen molar-refractivity contribution >= 4 is 11.6 Å². The van der Waals surface area contributed by atoms with Crippen LogP contribution in [0.4, 0.5) is 0 Å². The van der Waals surface area contributed by atoms with Gasteiger partial charge in [0, 0.05) is 17.1 Å². The standard InChI is InChI=1S/C12H18ClNO/c1-7(2)15-12-8(3)5-11(13)9(4)10(12)6-14/h5,7H,6,14H2,1-4H3. The highest BCUT2D eigenvalue weighted by Gasteiger charge is 2.13. The number of rotatable bonds is 3. The van der Waals surface area contributed by atoms with Gasteiger partial charge in [-0.25, -0.2) is 0 Å². The molecule has 3 heteroatoms. The lowest BCUT2D eigenvalue weighted by Gasteiger charge is -2.18. The third-order valence-electron chi connectivity index (χ3n) is 2.34. The minimum atomic E-state index is 0.148. The SMILES string of the molecule is Cc1cc(Cl)c(C)c(CN)c1OC(C)C. The minimum absolute atomic E-state index is 0.148. The number of halogens is 1. The average Bonchev–Trinajstić information content (AvgIpc) is 2.14. The largest absolute Gasteiger partial charge is 0.490 e. The topological polar surface area (TPSA) is 35.2 Å². The number of benzene rings is 1. The molecule has 0 aliphatic heterocycles. The third kappa shape index (κ3) is 2.64. The summed E-state index contributed by atoms with van der Waals surface area (Å²) >= 11 is 6.10. The van der Waals surface area contributed by atoms with E-state index in [1.807, 2.05) is 33.8 Å². The van der Waals surface area contributed by atoms with Crippen LogP contribution in [0.5, 0.6) is 5.75 Å². The predicted molar refractivity (Wildman–Crippen MR) is 64.6 cm³/mol. The smallest absolute Gasteiger partial charge is 0.127 e. The molecule has 15 heavy (non-hydrogen) atoms. The summed E-state index contributed by atoms with van der Waals surface area (Å²) in [4.78, 5) is 0. The molecule has 0 amide bonds. The van der Waals surface area contributed by atoms with Gasteiger partial charge in [0.1, 0.15) is 5.75 Å². The number of hydrogen-bond donors (Lipinski definition) is 1. The molecule has 0 radical (unpaired) electrons. The lowest BCUT2D eigenvalue weighted by Crippen LogP contribution is -2.12. The Morgan fingerprint density at radius 2 is 2.00 bits per heavy atom. The third-order valence-corrected chi connectivity index (χ3v) is 2.74. The molecule has 0 spiro atoms. The molecule has 0 heterocycles. The van der Waals surface area contributed by atoms with Crippen LogP contribution >= 0.6 is 11.6 Å². The molecule has 0 unspecified atom stereocenters. The van der Waals surface area contributed by atoms with Crippen LogP contribution in [0.15, 0.2) is 6.07 Å². The highest BCUT2D eigenvalue weighted by atomic mass is 35.5. The summed E-state index contributed by atoms with van der Waals surface area (Å²) in [5.74, 6) is 0.884. The summed E-state index contributed by atoms with van der Waals surface area (Å²) < 4.78 is 5.76. The number of aryl methyl sites for hydroxylation is 1. The second-order valence-electron chi connectivity index (χ2n) is 3.98. The quantitative estimate of drug-likeness (QED) is 0.861. The minimum Gasteiger partial charge on any atom is -0.490 e.